The third-order valence-electron chi connectivity index (χ3n) is 4.05. The van der Waals surface area contributed by atoms with E-state index < -0.39 is 0 Å². The second-order valence-corrected chi connectivity index (χ2v) is 8.06. The zero-order valence-corrected chi connectivity index (χ0v) is 15.7. The van der Waals surface area contributed by atoms with Gasteiger partial charge in [-0.05, 0) is 31.0 Å². The van der Waals surface area contributed by atoms with Crippen LogP contribution in [0.4, 0.5) is 5.69 Å². The number of benzene rings is 2. The fourth-order valence-corrected chi connectivity index (χ4v) is 3.98. The van der Waals surface area contributed by atoms with Gasteiger partial charge >= 0.3 is 0 Å². The molecule has 0 bridgehead atoms. The Hall–Kier alpha value is -2.33. The fraction of sp³-hybridized carbons (Fsp3) is 0.238. The molecule has 0 saturated heterocycles. The maximum absolute atomic E-state index is 13.2. The van der Waals surface area contributed by atoms with Gasteiger partial charge in [-0.25, -0.2) is 4.90 Å². The van der Waals surface area contributed by atoms with Gasteiger partial charge in [-0.2, -0.15) is 0 Å². The minimum Gasteiger partial charge on any atom is -0.268 e. The Bertz CT molecular complexity index is 869. The number of anilines is 1. The summed E-state index contributed by atoms with van der Waals surface area (Å²) in [4.78, 5) is 28.1. The highest BCUT2D eigenvalue weighted by Gasteiger charge is 2.40. The van der Waals surface area contributed by atoms with E-state index in [1.807, 2.05) is 76.2 Å². The SMILES string of the molecule is Cc1ccc(N2C(=O)C(SC(C)C)=C(c3ccccc3)C2=O)c(C)c1. The van der Waals surface area contributed by atoms with Crippen molar-refractivity contribution in [2.24, 2.45) is 0 Å². The smallest absolute Gasteiger partial charge is 0.268 e. The van der Waals surface area contributed by atoms with Crippen LogP contribution >= 0.6 is 11.8 Å². The average Bonchev–Trinajstić information content (AvgIpc) is 2.79. The number of amides is 2. The molecule has 1 heterocycles. The van der Waals surface area contributed by atoms with Gasteiger partial charge in [0.15, 0.2) is 0 Å². The van der Waals surface area contributed by atoms with Crippen molar-refractivity contribution in [2.45, 2.75) is 32.9 Å². The van der Waals surface area contributed by atoms with Crippen LogP contribution < -0.4 is 4.90 Å². The van der Waals surface area contributed by atoms with Gasteiger partial charge in [-0.1, -0.05) is 61.9 Å². The predicted octanol–water partition coefficient (Wildman–Crippen LogP) is 4.73. The Morgan fingerprint density at radius 3 is 2.20 bits per heavy atom. The van der Waals surface area contributed by atoms with Crippen LogP contribution in [0, 0.1) is 13.8 Å². The van der Waals surface area contributed by atoms with Crippen LogP contribution in [-0.4, -0.2) is 17.1 Å². The molecule has 0 aliphatic carbocycles. The van der Waals surface area contributed by atoms with Gasteiger partial charge in [-0.15, -0.1) is 11.8 Å². The molecule has 3 rings (SSSR count). The second kappa shape index (κ2) is 6.89. The van der Waals surface area contributed by atoms with E-state index in [4.69, 9.17) is 0 Å². The number of hydrogen-bond donors (Lipinski definition) is 0. The molecule has 4 heteroatoms. The first-order valence-electron chi connectivity index (χ1n) is 8.32. The van der Waals surface area contributed by atoms with Crippen molar-refractivity contribution in [1.29, 1.82) is 0 Å². The Kier molecular flexibility index (Phi) is 4.82. The third kappa shape index (κ3) is 3.27. The highest BCUT2D eigenvalue weighted by Crippen LogP contribution is 2.40. The lowest BCUT2D eigenvalue weighted by Gasteiger charge is -2.18. The number of thioether (sulfide) groups is 1. The van der Waals surface area contributed by atoms with E-state index in [0.717, 1.165) is 16.7 Å². The highest BCUT2D eigenvalue weighted by molar-refractivity contribution is 8.04. The predicted molar refractivity (Wildman–Crippen MR) is 104 cm³/mol. The van der Waals surface area contributed by atoms with Gasteiger partial charge in [0.05, 0.1) is 16.2 Å². The van der Waals surface area contributed by atoms with Crippen LogP contribution in [0.5, 0.6) is 0 Å². The number of imide groups is 1. The maximum atomic E-state index is 13.2. The Balaban J connectivity index is 2.12. The Morgan fingerprint density at radius 1 is 0.920 bits per heavy atom. The zero-order valence-electron chi connectivity index (χ0n) is 14.9. The van der Waals surface area contributed by atoms with Crippen LogP contribution in [-0.2, 0) is 9.59 Å². The highest BCUT2D eigenvalue weighted by atomic mass is 32.2. The standard InChI is InChI=1S/C21H21NO2S/c1-13(2)25-19-18(16-8-6-5-7-9-16)20(23)22(21(19)24)17-11-10-14(3)12-15(17)4/h5-13H,1-4H3. The van der Waals surface area contributed by atoms with Crippen molar-refractivity contribution in [2.75, 3.05) is 4.90 Å². The van der Waals surface area contributed by atoms with Crippen molar-refractivity contribution < 1.29 is 9.59 Å². The van der Waals surface area contributed by atoms with E-state index in [9.17, 15) is 9.59 Å². The number of nitrogens with zero attached hydrogens (tertiary/aromatic N) is 1. The summed E-state index contributed by atoms with van der Waals surface area (Å²) in [6, 6.07) is 15.2. The van der Waals surface area contributed by atoms with E-state index >= 15 is 0 Å². The summed E-state index contributed by atoms with van der Waals surface area (Å²) in [6.07, 6.45) is 0. The quantitative estimate of drug-likeness (QED) is 0.747. The van der Waals surface area contributed by atoms with E-state index in [1.54, 1.807) is 0 Å². The molecule has 2 amide bonds. The van der Waals surface area contributed by atoms with Gasteiger partial charge in [0, 0.05) is 5.25 Å². The average molecular weight is 351 g/mol. The molecule has 1 aliphatic rings. The minimum atomic E-state index is -0.244. The summed E-state index contributed by atoms with van der Waals surface area (Å²) in [5.74, 6) is -0.471. The number of rotatable bonds is 4. The van der Waals surface area contributed by atoms with E-state index in [2.05, 4.69) is 0 Å². The van der Waals surface area contributed by atoms with Crippen LogP contribution in [0.15, 0.2) is 53.4 Å². The molecule has 2 aromatic carbocycles. The first-order chi connectivity index (χ1) is 11.9. The maximum Gasteiger partial charge on any atom is 0.272 e. The first-order valence-corrected chi connectivity index (χ1v) is 9.20. The number of carbonyl (C=O) groups is 2. The molecule has 0 radical (unpaired) electrons. The Morgan fingerprint density at radius 2 is 1.60 bits per heavy atom. The largest absolute Gasteiger partial charge is 0.272 e. The summed E-state index contributed by atoms with van der Waals surface area (Å²) in [5, 5.41) is 0.213. The van der Waals surface area contributed by atoms with E-state index in [1.165, 1.54) is 16.7 Å². The minimum absolute atomic E-state index is 0.213. The molecule has 0 saturated carbocycles. The number of hydrogen-bond acceptors (Lipinski definition) is 3. The summed E-state index contributed by atoms with van der Waals surface area (Å²) in [5.41, 5.74) is 3.98. The molecule has 128 valence electrons. The molecule has 25 heavy (non-hydrogen) atoms. The molecule has 2 aromatic rings. The molecule has 3 nitrogen and oxygen atoms in total. The summed E-state index contributed by atoms with van der Waals surface area (Å²) in [6.45, 7) is 7.98. The van der Waals surface area contributed by atoms with E-state index in [0.29, 0.717) is 16.2 Å². The van der Waals surface area contributed by atoms with Gasteiger partial charge in [-0.3, -0.25) is 9.59 Å². The molecular formula is C21H21NO2S. The number of carbonyl (C=O) groups excluding carboxylic acids is 2. The van der Waals surface area contributed by atoms with Crippen molar-refractivity contribution >= 4 is 34.8 Å². The molecular weight excluding hydrogens is 330 g/mol. The van der Waals surface area contributed by atoms with Crippen LogP contribution in [0.1, 0.15) is 30.5 Å². The fourth-order valence-electron chi connectivity index (χ4n) is 2.99. The van der Waals surface area contributed by atoms with Crippen LogP contribution in [0.2, 0.25) is 0 Å². The molecule has 0 fully saturated rings. The lowest BCUT2D eigenvalue weighted by atomic mass is 10.1. The zero-order chi connectivity index (χ0) is 18.1. The molecule has 0 unspecified atom stereocenters. The van der Waals surface area contributed by atoms with Gasteiger partial charge in [0.1, 0.15) is 0 Å². The normalized spacial score (nSPS) is 14.8. The summed E-state index contributed by atoms with van der Waals surface area (Å²) >= 11 is 1.45. The van der Waals surface area contributed by atoms with Crippen LogP contribution in [0.3, 0.4) is 0 Å². The van der Waals surface area contributed by atoms with Crippen molar-refractivity contribution in [3.63, 3.8) is 0 Å². The molecule has 0 aromatic heterocycles. The van der Waals surface area contributed by atoms with Crippen molar-refractivity contribution in [3.8, 4) is 0 Å². The van der Waals surface area contributed by atoms with E-state index in [-0.39, 0.29) is 17.1 Å². The van der Waals surface area contributed by atoms with Crippen LogP contribution in [0.25, 0.3) is 5.57 Å². The molecule has 0 N–H and O–H groups in total. The monoisotopic (exact) mass is 351 g/mol. The number of aryl methyl sites for hydroxylation is 2. The molecule has 1 aliphatic heterocycles. The van der Waals surface area contributed by atoms with Gasteiger partial charge in [0.2, 0.25) is 0 Å². The molecule has 0 atom stereocenters. The molecule has 0 spiro atoms. The lowest BCUT2D eigenvalue weighted by Crippen LogP contribution is -2.32. The Labute approximate surface area is 152 Å². The van der Waals surface area contributed by atoms with Gasteiger partial charge in [0.25, 0.3) is 11.8 Å². The van der Waals surface area contributed by atoms with Crippen molar-refractivity contribution in [3.05, 3.63) is 70.1 Å². The third-order valence-corrected chi connectivity index (χ3v) is 5.14. The summed E-state index contributed by atoms with van der Waals surface area (Å²) in [7, 11) is 0. The lowest BCUT2D eigenvalue weighted by molar-refractivity contribution is -0.119. The summed E-state index contributed by atoms with van der Waals surface area (Å²) < 4.78 is 0. The topological polar surface area (TPSA) is 37.4 Å². The second-order valence-electron chi connectivity index (χ2n) is 6.47. The van der Waals surface area contributed by atoms with Gasteiger partial charge < -0.3 is 0 Å². The first kappa shape index (κ1) is 17.5. The van der Waals surface area contributed by atoms with Crippen molar-refractivity contribution in [1.82, 2.24) is 0 Å².